The standard InChI is InChI=1S/C10H10ClN3O/c1-14-6-8(5-13-14)15-10-4-7(11)2-3-9(10)12/h2-6H,12H2,1H3. The van der Waals surface area contributed by atoms with E-state index in [9.17, 15) is 0 Å². The Bertz CT molecular complexity index is 481. The molecular weight excluding hydrogens is 214 g/mol. The van der Waals surface area contributed by atoms with E-state index in [1.165, 1.54) is 0 Å². The van der Waals surface area contributed by atoms with E-state index in [-0.39, 0.29) is 0 Å². The average molecular weight is 224 g/mol. The number of aromatic nitrogens is 2. The number of ether oxygens (including phenoxy) is 1. The van der Waals surface area contributed by atoms with Crippen molar-refractivity contribution in [2.45, 2.75) is 0 Å². The second kappa shape index (κ2) is 3.82. The van der Waals surface area contributed by atoms with Crippen molar-refractivity contribution < 1.29 is 4.74 Å². The molecule has 2 N–H and O–H groups in total. The summed E-state index contributed by atoms with van der Waals surface area (Å²) < 4.78 is 7.17. The lowest BCUT2D eigenvalue weighted by Crippen LogP contribution is -1.91. The number of nitrogen functional groups attached to an aromatic ring is 1. The van der Waals surface area contributed by atoms with Crippen molar-refractivity contribution >= 4 is 17.3 Å². The van der Waals surface area contributed by atoms with E-state index in [1.54, 1.807) is 35.3 Å². The van der Waals surface area contributed by atoms with Gasteiger partial charge in [0.2, 0.25) is 0 Å². The van der Waals surface area contributed by atoms with Gasteiger partial charge >= 0.3 is 0 Å². The van der Waals surface area contributed by atoms with Gasteiger partial charge in [-0.1, -0.05) is 11.6 Å². The lowest BCUT2D eigenvalue weighted by atomic mass is 10.3. The maximum absolute atomic E-state index is 5.83. The van der Waals surface area contributed by atoms with Crippen LogP contribution < -0.4 is 10.5 Å². The highest BCUT2D eigenvalue weighted by Crippen LogP contribution is 2.29. The number of benzene rings is 1. The Hall–Kier alpha value is -1.68. The van der Waals surface area contributed by atoms with Crippen LogP contribution in [0.25, 0.3) is 0 Å². The van der Waals surface area contributed by atoms with Crippen LogP contribution in [0, 0.1) is 0 Å². The van der Waals surface area contributed by atoms with Gasteiger partial charge < -0.3 is 10.5 Å². The minimum Gasteiger partial charge on any atom is -0.452 e. The first-order chi connectivity index (χ1) is 7.15. The quantitative estimate of drug-likeness (QED) is 0.796. The summed E-state index contributed by atoms with van der Waals surface area (Å²) in [5, 5.41) is 4.57. The number of halogens is 1. The number of anilines is 1. The van der Waals surface area contributed by atoms with E-state index < -0.39 is 0 Å². The number of nitrogens with two attached hydrogens (primary N) is 1. The second-order valence-corrected chi connectivity index (χ2v) is 3.57. The summed E-state index contributed by atoms with van der Waals surface area (Å²) >= 11 is 5.83. The summed E-state index contributed by atoms with van der Waals surface area (Å²) in [5.41, 5.74) is 6.28. The third-order valence-corrected chi connectivity index (χ3v) is 2.12. The van der Waals surface area contributed by atoms with Crippen LogP contribution in [0.15, 0.2) is 30.6 Å². The average Bonchev–Trinajstić information content (AvgIpc) is 2.58. The number of aryl methyl sites for hydroxylation is 1. The molecule has 0 amide bonds. The molecule has 0 unspecified atom stereocenters. The molecule has 0 aliphatic carbocycles. The lowest BCUT2D eigenvalue weighted by molar-refractivity contribution is 0.484. The Morgan fingerprint density at radius 2 is 2.27 bits per heavy atom. The minimum absolute atomic E-state index is 0.538. The maximum atomic E-state index is 5.83. The summed E-state index contributed by atoms with van der Waals surface area (Å²) in [6.07, 6.45) is 3.36. The van der Waals surface area contributed by atoms with Gasteiger partial charge in [0.1, 0.15) is 0 Å². The summed E-state index contributed by atoms with van der Waals surface area (Å²) in [6.45, 7) is 0. The zero-order valence-corrected chi connectivity index (χ0v) is 8.90. The molecule has 4 nitrogen and oxygen atoms in total. The van der Waals surface area contributed by atoms with Crippen LogP contribution in [-0.2, 0) is 7.05 Å². The minimum atomic E-state index is 0.538. The molecule has 0 saturated carbocycles. The highest BCUT2D eigenvalue weighted by Gasteiger charge is 2.04. The molecule has 0 fully saturated rings. The van der Waals surface area contributed by atoms with E-state index in [2.05, 4.69) is 5.10 Å². The van der Waals surface area contributed by atoms with Crippen molar-refractivity contribution in [1.29, 1.82) is 0 Å². The molecule has 0 aliphatic rings. The van der Waals surface area contributed by atoms with Gasteiger partial charge in [0.15, 0.2) is 11.5 Å². The molecule has 1 aromatic carbocycles. The first kappa shape index (κ1) is 9.86. The first-order valence-corrected chi connectivity index (χ1v) is 4.74. The summed E-state index contributed by atoms with van der Waals surface area (Å²) in [4.78, 5) is 0. The van der Waals surface area contributed by atoms with Gasteiger partial charge in [-0.15, -0.1) is 0 Å². The van der Waals surface area contributed by atoms with Crippen molar-refractivity contribution in [2.75, 3.05) is 5.73 Å². The SMILES string of the molecule is Cn1cc(Oc2cc(Cl)ccc2N)cn1. The molecule has 15 heavy (non-hydrogen) atoms. The summed E-state index contributed by atoms with van der Waals surface area (Å²) in [5.74, 6) is 1.17. The van der Waals surface area contributed by atoms with E-state index in [1.807, 2.05) is 7.05 Å². The van der Waals surface area contributed by atoms with Gasteiger partial charge in [0.05, 0.1) is 18.1 Å². The normalized spacial score (nSPS) is 10.3. The molecule has 5 heteroatoms. The van der Waals surface area contributed by atoms with Gasteiger partial charge in [-0.2, -0.15) is 5.10 Å². The fraction of sp³-hybridized carbons (Fsp3) is 0.100. The molecule has 0 bridgehead atoms. The van der Waals surface area contributed by atoms with Crippen molar-refractivity contribution in [1.82, 2.24) is 9.78 Å². The summed E-state index contributed by atoms with van der Waals surface area (Å²) in [7, 11) is 1.81. The second-order valence-electron chi connectivity index (χ2n) is 3.13. The topological polar surface area (TPSA) is 53.1 Å². The van der Waals surface area contributed by atoms with Crippen LogP contribution in [-0.4, -0.2) is 9.78 Å². The highest BCUT2D eigenvalue weighted by atomic mass is 35.5. The van der Waals surface area contributed by atoms with Gasteiger partial charge in [-0.05, 0) is 12.1 Å². The maximum Gasteiger partial charge on any atom is 0.165 e. The molecule has 0 aliphatic heterocycles. The molecule has 0 radical (unpaired) electrons. The Morgan fingerprint density at radius 3 is 2.93 bits per heavy atom. The molecular formula is C10H10ClN3O. The molecule has 2 rings (SSSR count). The third-order valence-electron chi connectivity index (χ3n) is 1.88. The van der Waals surface area contributed by atoms with Crippen LogP contribution in [0.5, 0.6) is 11.5 Å². The Balaban J connectivity index is 2.27. The van der Waals surface area contributed by atoms with Crippen molar-refractivity contribution in [3.8, 4) is 11.5 Å². The van der Waals surface area contributed by atoms with E-state index in [4.69, 9.17) is 22.1 Å². The van der Waals surface area contributed by atoms with Gasteiger partial charge in [-0.25, -0.2) is 0 Å². The van der Waals surface area contributed by atoms with E-state index in [0.717, 1.165) is 0 Å². The largest absolute Gasteiger partial charge is 0.452 e. The van der Waals surface area contributed by atoms with Crippen LogP contribution in [0.3, 0.4) is 0 Å². The molecule has 0 spiro atoms. The van der Waals surface area contributed by atoms with Crippen LogP contribution in [0.2, 0.25) is 5.02 Å². The van der Waals surface area contributed by atoms with E-state index >= 15 is 0 Å². The fourth-order valence-electron chi connectivity index (χ4n) is 1.18. The van der Waals surface area contributed by atoms with Crippen molar-refractivity contribution in [2.24, 2.45) is 7.05 Å². The summed E-state index contributed by atoms with van der Waals surface area (Å²) in [6, 6.07) is 5.09. The number of rotatable bonds is 2. The van der Waals surface area contributed by atoms with Gasteiger partial charge in [0.25, 0.3) is 0 Å². The Labute approximate surface area is 92.2 Å². The van der Waals surface area contributed by atoms with Crippen molar-refractivity contribution in [3.05, 3.63) is 35.6 Å². The number of hydrogen-bond donors (Lipinski definition) is 1. The molecule has 0 saturated heterocycles. The van der Waals surface area contributed by atoms with E-state index in [0.29, 0.717) is 22.2 Å². The third kappa shape index (κ3) is 2.22. The Kier molecular flexibility index (Phi) is 2.51. The van der Waals surface area contributed by atoms with Crippen LogP contribution in [0.1, 0.15) is 0 Å². The lowest BCUT2D eigenvalue weighted by Gasteiger charge is -2.05. The molecule has 0 atom stereocenters. The Morgan fingerprint density at radius 1 is 1.47 bits per heavy atom. The predicted molar refractivity (Wildman–Crippen MR) is 59.1 cm³/mol. The van der Waals surface area contributed by atoms with Crippen LogP contribution >= 0.6 is 11.6 Å². The highest BCUT2D eigenvalue weighted by molar-refractivity contribution is 6.30. The van der Waals surface area contributed by atoms with Gasteiger partial charge in [-0.3, -0.25) is 4.68 Å². The predicted octanol–water partition coefficient (Wildman–Crippen LogP) is 2.45. The van der Waals surface area contributed by atoms with Crippen LogP contribution in [0.4, 0.5) is 5.69 Å². The zero-order chi connectivity index (χ0) is 10.8. The smallest absolute Gasteiger partial charge is 0.165 e. The molecule has 1 heterocycles. The fourth-order valence-corrected chi connectivity index (χ4v) is 1.34. The van der Waals surface area contributed by atoms with Gasteiger partial charge in [0, 0.05) is 18.1 Å². The molecule has 78 valence electrons. The first-order valence-electron chi connectivity index (χ1n) is 4.36. The number of hydrogen-bond acceptors (Lipinski definition) is 3. The molecule has 1 aromatic heterocycles. The number of nitrogens with zero attached hydrogens (tertiary/aromatic N) is 2. The van der Waals surface area contributed by atoms with Crippen molar-refractivity contribution in [3.63, 3.8) is 0 Å². The molecule has 2 aromatic rings. The monoisotopic (exact) mass is 223 g/mol. The zero-order valence-electron chi connectivity index (χ0n) is 8.14.